The van der Waals surface area contributed by atoms with Crippen LogP contribution in [-0.4, -0.2) is 10.5 Å². The molecule has 0 spiro atoms. The first-order valence-electron chi connectivity index (χ1n) is 7.54. The number of halogens is 2. The summed E-state index contributed by atoms with van der Waals surface area (Å²) in [6.07, 6.45) is 1.51. The third-order valence-electron chi connectivity index (χ3n) is 3.67. The van der Waals surface area contributed by atoms with Gasteiger partial charge >= 0.3 is 0 Å². The van der Waals surface area contributed by atoms with Crippen LogP contribution in [0.1, 0.15) is 15.9 Å². The minimum absolute atomic E-state index is 0.214. The molecule has 25 heavy (non-hydrogen) atoms. The fourth-order valence-electron chi connectivity index (χ4n) is 2.36. The van der Waals surface area contributed by atoms with Gasteiger partial charge in [0, 0.05) is 17.3 Å². The second-order valence-electron chi connectivity index (χ2n) is 5.41. The van der Waals surface area contributed by atoms with Gasteiger partial charge in [-0.25, -0.2) is 0 Å². The number of carbonyl (C=O) groups is 1. The molecule has 0 aliphatic carbocycles. The topological polar surface area (TPSA) is 51.1 Å². The van der Waals surface area contributed by atoms with E-state index < -0.39 is 0 Å². The van der Waals surface area contributed by atoms with Crippen molar-refractivity contribution in [1.29, 1.82) is 0 Å². The summed E-state index contributed by atoms with van der Waals surface area (Å²) in [5.41, 5.74) is 1.45. The number of nitrogens with zero attached hydrogens (tertiary/aromatic N) is 1. The largest absolute Gasteiger partial charge is 0.321 e. The molecule has 0 bridgehead atoms. The van der Waals surface area contributed by atoms with Crippen LogP contribution in [0.4, 0.5) is 5.69 Å². The minimum Gasteiger partial charge on any atom is -0.321 e. The summed E-state index contributed by atoms with van der Waals surface area (Å²) in [5.74, 6) is -0.346. The van der Waals surface area contributed by atoms with E-state index in [0.717, 1.165) is 5.56 Å². The van der Waals surface area contributed by atoms with Gasteiger partial charge in [-0.15, -0.1) is 0 Å². The van der Waals surface area contributed by atoms with E-state index in [2.05, 4.69) is 5.32 Å². The first kappa shape index (κ1) is 17.3. The van der Waals surface area contributed by atoms with E-state index in [-0.39, 0.29) is 18.0 Å². The first-order chi connectivity index (χ1) is 12.0. The highest BCUT2D eigenvalue weighted by Gasteiger charge is 2.10. The third-order valence-corrected chi connectivity index (χ3v) is 4.36. The van der Waals surface area contributed by atoms with Gasteiger partial charge in [-0.3, -0.25) is 9.59 Å². The molecule has 0 radical (unpaired) electrons. The maximum absolute atomic E-state index is 12.4. The summed E-state index contributed by atoms with van der Waals surface area (Å²) in [5, 5.41) is 3.75. The van der Waals surface area contributed by atoms with Crippen molar-refractivity contribution in [2.75, 3.05) is 5.32 Å². The fourth-order valence-corrected chi connectivity index (χ4v) is 2.73. The third kappa shape index (κ3) is 4.10. The normalized spacial score (nSPS) is 10.5. The van der Waals surface area contributed by atoms with Crippen LogP contribution in [0.5, 0.6) is 0 Å². The van der Waals surface area contributed by atoms with Gasteiger partial charge in [0.2, 0.25) is 0 Å². The van der Waals surface area contributed by atoms with Crippen molar-refractivity contribution in [3.8, 4) is 0 Å². The Morgan fingerprint density at radius 3 is 2.32 bits per heavy atom. The van der Waals surface area contributed by atoms with E-state index in [1.54, 1.807) is 30.3 Å². The summed E-state index contributed by atoms with van der Waals surface area (Å²) < 4.78 is 1.45. The predicted octanol–water partition coefficient (Wildman–Crippen LogP) is 4.46. The van der Waals surface area contributed by atoms with Crippen LogP contribution in [0.25, 0.3) is 0 Å². The number of benzene rings is 2. The van der Waals surface area contributed by atoms with Gasteiger partial charge in [0.15, 0.2) is 0 Å². The van der Waals surface area contributed by atoms with Crippen molar-refractivity contribution >= 4 is 34.8 Å². The van der Waals surface area contributed by atoms with E-state index in [9.17, 15) is 9.59 Å². The fraction of sp³-hybridized carbons (Fsp3) is 0.0526. The van der Waals surface area contributed by atoms with Crippen molar-refractivity contribution < 1.29 is 4.79 Å². The Bertz CT molecular complexity index is 983. The highest BCUT2D eigenvalue weighted by atomic mass is 35.5. The van der Waals surface area contributed by atoms with Crippen molar-refractivity contribution in [1.82, 2.24) is 4.57 Å². The lowest BCUT2D eigenvalue weighted by Gasteiger charge is -2.11. The number of carbonyl (C=O) groups excluding carboxylic acids is 1. The molecular formula is C19H14Cl2N2O2. The summed E-state index contributed by atoms with van der Waals surface area (Å²) in [7, 11) is 0. The van der Waals surface area contributed by atoms with Crippen LogP contribution in [0, 0.1) is 0 Å². The van der Waals surface area contributed by atoms with Gasteiger partial charge in [-0.2, -0.15) is 0 Å². The number of amides is 1. The Hall–Kier alpha value is -2.56. The average Bonchev–Trinajstić information content (AvgIpc) is 2.60. The molecule has 3 aromatic rings. The van der Waals surface area contributed by atoms with Gasteiger partial charge in [0.05, 0.1) is 22.8 Å². The van der Waals surface area contributed by atoms with Gasteiger partial charge in [0.1, 0.15) is 0 Å². The molecule has 1 N–H and O–H groups in total. The van der Waals surface area contributed by atoms with Crippen molar-refractivity contribution in [3.63, 3.8) is 0 Å². The molecule has 0 aliphatic rings. The zero-order valence-corrected chi connectivity index (χ0v) is 14.6. The molecule has 6 heteroatoms. The second kappa shape index (κ2) is 7.55. The van der Waals surface area contributed by atoms with Gasteiger partial charge in [-0.1, -0.05) is 53.5 Å². The number of hydrogen-bond donors (Lipinski definition) is 1. The standard InChI is InChI=1S/C19H14Cl2N2O2/c20-15-6-2-1-5-13(15)11-23-12-14(9-10-18(23)24)19(25)22-17-8-4-3-7-16(17)21/h1-10,12H,11H2,(H,22,25). The predicted molar refractivity (Wildman–Crippen MR) is 101 cm³/mol. The van der Waals surface area contributed by atoms with Gasteiger partial charge < -0.3 is 9.88 Å². The molecule has 1 heterocycles. The average molecular weight is 373 g/mol. The number of hydrogen-bond acceptors (Lipinski definition) is 2. The molecule has 0 saturated heterocycles. The Morgan fingerprint density at radius 1 is 0.920 bits per heavy atom. The van der Waals surface area contributed by atoms with Crippen LogP contribution in [-0.2, 0) is 6.54 Å². The lowest BCUT2D eigenvalue weighted by atomic mass is 10.2. The molecule has 1 amide bonds. The number of aromatic nitrogens is 1. The van der Waals surface area contributed by atoms with Crippen LogP contribution < -0.4 is 10.9 Å². The number of nitrogens with one attached hydrogen (secondary N) is 1. The summed E-state index contributed by atoms with van der Waals surface area (Å²) in [6.45, 7) is 0.283. The minimum atomic E-state index is -0.346. The van der Waals surface area contributed by atoms with Crippen molar-refractivity contribution in [3.05, 3.63) is 98.4 Å². The molecule has 1 aromatic heterocycles. The molecule has 0 saturated carbocycles. The molecule has 126 valence electrons. The number of para-hydroxylation sites is 1. The highest BCUT2D eigenvalue weighted by molar-refractivity contribution is 6.33. The quantitative estimate of drug-likeness (QED) is 0.734. The first-order valence-corrected chi connectivity index (χ1v) is 8.30. The number of anilines is 1. The van der Waals surface area contributed by atoms with E-state index in [1.165, 1.54) is 22.9 Å². The van der Waals surface area contributed by atoms with Crippen LogP contribution >= 0.6 is 23.2 Å². The van der Waals surface area contributed by atoms with Crippen molar-refractivity contribution in [2.45, 2.75) is 6.54 Å². The van der Waals surface area contributed by atoms with Gasteiger partial charge in [-0.05, 0) is 29.8 Å². The molecule has 0 atom stereocenters. The smallest absolute Gasteiger partial charge is 0.257 e. The van der Waals surface area contributed by atoms with E-state index in [1.807, 2.05) is 18.2 Å². The summed E-state index contributed by atoms with van der Waals surface area (Å²) in [4.78, 5) is 24.5. The van der Waals surface area contributed by atoms with E-state index in [4.69, 9.17) is 23.2 Å². The molecule has 0 aliphatic heterocycles. The maximum Gasteiger partial charge on any atom is 0.257 e. The summed E-state index contributed by atoms with van der Waals surface area (Å²) >= 11 is 12.2. The summed E-state index contributed by atoms with van der Waals surface area (Å²) in [6, 6.07) is 17.1. The van der Waals surface area contributed by atoms with Crippen LogP contribution in [0.15, 0.2) is 71.7 Å². The lowest BCUT2D eigenvalue weighted by Crippen LogP contribution is -2.22. The molecule has 0 fully saturated rings. The monoisotopic (exact) mass is 372 g/mol. The Morgan fingerprint density at radius 2 is 1.60 bits per heavy atom. The highest BCUT2D eigenvalue weighted by Crippen LogP contribution is 2.21. The Balaban J connectivity index is 1.86. The number of rotatable bonds is 4. The van der Waals surface area contributed by atoms with E-state index >= 15 is 0 Å². The van der Waals surface area contributed by atoms with Crippen LogP contribution in [0.3, 0.4) is 0 Å². The zero-order valence-electron chi connectivity index (χ0n) is 13.1. The van der Waals surface area contributed by atoms with Gasteiger partial charge in [0.25, 0.3) is 11.5 Å². The van der Waals surface area contributed by atoms with E-state index in [0.29, 0.717) is 21.3 Å². The van der Waals surface area contributed by atoms with Crippen LogP contribution in [0.2, 0.25) is 10.0 Å². The molecule has 3 rings (SSSR count). The maximum atomic E-state index is 12.4. The Labute approximate surface area is 154 Å². The lowest BCUT2D eigenvalue weighted by molar-refractivity contribution is 0.102. The van der Waals surface area contributed by atoms with Crippen molar-refractivity contribution in [2.24, 2.45) is 0 Å². The molecular weight excluding hydrogens is 359 g/mol. The molecule has 0 unspecified atom stereocenters. The number of pyridine rings is 1. The molecule has 4 nitrogen and oxygen atoms in total. The SMILES string of the molecule is O=C(Nc1ccccc1Cl)c1ccc(=O)n(Cc2ccccc2Cl)c1. The molecule has 2 aromatic carbocycles. The second-order valence-corrected chi connectivity index (χ2v) is 6.22. The Kier molecular flexibility index (Phi) is 5.22. The zero-order chi connectivity index (χ0) is 17.8.